The number of carbonyl (C=O) groups excluding carboxylic acids is 2. The number of thioether (sulfide) groups is 1. The zero-order chi connectivity index (χ0) is 24.9. The summed E-state index contributed by atoms with van der Waals surface area (Å²) in [6.45, 7) is 5.82. The predicted molar refractivity (Wildman–Crippen MR) is 140 cm³/mol. The van der Waals surface area contributed by atoms with Crippen LogP contribution in [0.15, 0.2) is 59.8 Å². The SMILES string of the molecule is Cc1ccc(C(=O)N[C@@H](C)c2nnc(SCC(=O)Nc3nc(-c4ccccc4)c(C)s3)n2C)cc1. The average Bonchev–Trinajstić information content (AvgIpc) is 3.40. The molecule has 0 saturated heterocycles. The van der Waals surface area contributed by atoms with Gasteiger partial charge in [0.1, 0.15) is 0 Å². The third-order valence-electron chi connectivity index (χ3n) is 5.34. The molecule has 35 heavy (non-hydrogen) atoms. The zero-order valence-electron chi connectivity index (χ0n) is 19.9. The van der Waals surface area contributed by atoms with E-state index in [0.29, 0.717) is 21.7 Å². The minimum atomic E-state index is -0.348. The van der Waals surface area contributed by atoms with E-state index in [2.05, 4.69) is 25.8 Å². The summed E-state index contributed by atoms with van der Waals surface area (Å²) < 4.78 is 1.79. The van der Waals surface area contributed by atoms with Crippen LogP contribution >= 0.6 is 23.1 Å². The van der Waals surface area contributed by atoms with Crippen LogP contribution in [0.1, 0.15) is 39.6 Å². The molecule has 2 N–H and O–H groups in total. The van der Waals surface area contributed by atoms with Crippen molar-refractivity contribution in [1.82, 2.24) is 25.1 Å². The van der Waals surface area contributed by atoms with Gasteiger partial charge in [-0.05, 0) is 32.9 Å². The van der Waals surface area contributed by atoms with E-state index in [1.165, 1.54) is 23.1 Å². The Labute approximate surface area is 212 Å². The number of thiazole rings is 1. The number of nitrogens with one attached hydrogen (secondary N) is 2. The van der Waals surface area contributed by atoms with Gasteiger partial charge in [-0.15, -0.1) is 21.5 Å². The Morgan fingerprint density at radius 3 is 2.49 bits per heavy atom. The van der Waals surface area contributed by atoms with E-state index in [0.717, 1.165) is 21.7 Å². The van der Waals surface area contributed by atoms with E-state index in [1.54, 1.807) is 16.7 Å². The monoisotopic (exact) mass is 506 g/mol. The summed E-state index contributed by atoms with van der Waals surface area (Å²) in [5.74, 6) is 0.419. The first-order chi connectivity index (χ1) is 16.8. The van der Waals surface area contributed by atoms with Crippen LogP contribution in [-0.4, -0.2) is 37.3 Å². The largest absolute Gasteiger partial charge is 0.342 e. The predicted octanol–water partition coefficient (Wildman–Crippen LogP) is 4.78. The van der Waals surface area contributed by atoms with Crippen molar-refractivity contribution in [3.63, 3.8) is 0 Å². The van der Waals surface area contributed by atoms with Crippen LogP contribution in [0, 0.1) is 13.8 Å². The lowest BCUT2D eigenvalue weighted by molar-refractivity contribution is -0.113. The molecule has 2 amide bonds. The molecule has 180 valence electrons. The summed E-state index contributed by atoms with van der Waals surface area (Å²) >= 11 is 2.73. The standard InChI is InChI=1S/C25H26N6O2S2/c1-15-10-12-19(13-11-15)23(33)26-16(2)22-29-30-25(31(22)4)34-14-20(32)27-24-28-21(17(3)35-24)18-8-6-5-7-9-18/h5-13,16H,14H2,1-4H3,(H,26,33)(H,27,28,32)/t16-/m0/s1. The second kappa shape index (κ2) is 10.8. The highest BCUT2D eigenvalue weighted by molar-refractivity contribution is 7.99. The van der Waals surface area contributed by atoms with E-state index >= 15 is 0 Å². The molecule has 0 aliphatic carbocycles. The molecule has 0 unspecified atom stereocenters. The summed E-state index contributed by atoms with van der Waals surface area (Å²) in [5, 5.41) is 15.4. The Bertz CT molecular complexity index is 1330. The summed E-state index contributed by atoms with van der Waals surface area (Å²) in [5.41, 5.74) is 3.57. The first kappa shape index (κ1) is 24.6. The number of hydrogen-bond acceptors (Lipinski definition) is 7. The van der Waals surface area contributed by atoms with Crippen LogP contribution in [0.5, 0.6) is 0 Å². The highest BCUT2D eigenvalue weighted by atomic mass is 32.2. The van der Waals surface area contributed by atoms with Gasteiger partial charge >= 0.3 is 0 Å². The van der Waals surface area contributed by atoms with Crippen LogP contribution in [0.3, 0.4) is 0 Å². The van der Waals surface area contributed by atoms with Crippen LogP contribution in [0.2, 0.25) is 0 Å². The molecule has 4 rings (SSSR count). The number of benzene rings is 2. The molecule has 0 aliphatic rings. The molecule has 0 bridgehead atoms. The molecule has 4 aromatic rings. The number of aryl methyl sites for hydroxylation is 2. The maximum atomic E-state index is 12.5. The van der Waals surface area contributed by atoms with Gasteiger partial charge in [0.2, 0.25) is 5.91 Å². The Morgan fingerprint density at radius 2 is 1.77 bits per heavy atom. The Kier molecular flexibility index (Phi) is 7.62. The number of anilines is 1. The van der Waals surface area contributed by atoms with Gasteiger partial charge in [-0.2, -0.15) is 0 Å². The fraction of sp³-hybridized carbons (Fsp3) is 0.240. The van der Waals surface area contributed by atoms with Gasteiger partial charge in [-0.1, -0.05) is 59.8 Å². The van der Waals surface area contributed by atoms with Crippen molar-refractivity contribution in [2.75, 3.05) is 11.1 Å². The molecule has 10 heteroatoms. The molecule has 0 fully saturated rings. The smallest absolute Gasteiger partial charge is 0.251 e. The fourth-order valence-electron chi connectivity index (χ4n) is 3.48. The second-order valence-corrected chi connectivity index (χ2v) is 10.2. The van der Waals surface area contributed by atoms with Gasteiger partial charge in [0, 0.05) is 23.1 Å². The molecule has 0 spiro atoms. The van der Waals surface area contributed by atoms with Crippen LogP contribution in [0.4, 0.5) is 5.13 Å². The molecular weight excluding hydrogens is 480 g/mol. The minimum Gasteiger partial charge on any atom is -0.342 e. The van der Waals surface area contributed by atoms with E-state index in [-0.39, 0.29) is 23.6 Å². The van der Waals surface area contributed by atoms with Gasteiger partial charge in [0.25, 0.3) is 5.91 Å². The Morgan fingerprint density at radius 1 is 1.06 bits per heavy atom. The Hall–Kier alpha value is -3.50. The fourth-order valence-corrected chi connectivity index (χ4v) is 5.05. The van der Waals surface area contributed by atoms with Crippen LogP contribution < -0.4 is 10.6 Å². The summed E-state index contributed by atoms with van der Waals surface area (Å²) in [6.07, 6.45) is 0. The van der Waals surface area contributed by atoms with Crippen LogP contribution in [-0.2, 0) is 11.8 Å². The average molecular weight is 507 g/mol. The third kappa shape index (κ3) is 5.95. The lowest BCUT2D eigenvalue weighted by Crippen LogP contribution is -2.28. The number of carbonyl (C=O) groups is 2. The highest BCUT2D eigenvalue weighted by Gasteiger charge is 2.19. The minimum absolute atomic E-state index is 0.162. The van der Waals surface area contributed by atoms with Crippen molar-refractivity contribution in [2.24, 2.45) is 7.05 Å². The lowest BCUT2D eigenvalue weighted by atomic mass is 10.1. The van der Waals surface area contributed by atoms with Gasteiger partial charge in [0.05, 0.1) is 17.5 Å². The van der Waals surface area contributed by atoms with Crippen molar-refractivity contribution in [1.29, 1.82) is 0 Å². The van der Waals surface area contributed by atoms with Gasteiger partial charge < -0.3 is 15.2 Å². The molecule has 8 nitrogen and oxygen atoms in total. The van der Waals surface area contributed by atoms with Crippen molar-refractivity contribution < 1.29 is 9.59 Å². The summed E-state index contributed by atoms with van der Waals surface area (Å²) in [6, 6.07) is 16.9. The lowest BCUT2D eigenvalue weighted by Gasteiger charge is -2.13. The van der Waals surface area contributed by atoms with Crippen molar-refractivity contribution in [3.05, 3.63) is 76.4 Å². The molecule has 0 radical (unpaired) electrons. The van der Waals surface area contributed by atoms with Gasteiger partial charge in [-0.25, -0.2) is 4.98 Å². The van der Waals surface area contributed by atoms with Crippen molar-refractivity contribution in [2.45, 2.75) is 32.0 Å². The maximum Gasteiger partial charge on any atom is 0.251 e. The molecule has 2 heterocycles. The van der Waals surface area contributed by atoms with Crippen LogP contribution in [0.25, 0.3) is 11.3 Å². The first-order valence-corrected chi connectivity index (χ1v) is 12.8. The third-order valence-corrected chi connectivity index (χ3v) is 7.25. The zero-order valence-corrected chi connectivity index (χ0v) is 21.5. The van der Waals surface area contributed by atoms with E-state index in [9.17, 15) is 9.59 Å². The number of nitrogens with zero attached hydrogens (tertiary/aromatic N) is 4. The van der Waals surface area contributed by atoms with Crippen molar-refractivity contribution >= 4 is 40.0 Å². The van der Waals surface area contributed by atoms with Crippen molar-refractivity contribution in [3.8, 4) is 11.3 Å². The quantitative estimate of drug-likeness (QED) is 0.334. The number of amides is 2. The number of rotatable bonds is 8. The van der Waals surface area contributed by atoms with E-state index < -0.39 is 0 Å². The second-order valence-electron chi connectivity index (χ2n) is 8.09. The molecule has 1 atom stereocenters. The molecular formula is C25H26N6O2S2. The Balaban J connectivity index is 1.33. The van der Waals surface area contributed by atoms with Gasteiger partial charge in [-0.3, -0.25) is 9.59 Å². The van der Waals surface area contributed by atoms with Gasteiger partial charge in [0.15, 0.2) is 16.1 Å². The summed E-state index contributed by atoms with van der Waals surface area (Å²) in [4.78, 5) is 30.7. The number of aromatic nitrogens is 4. The normalized spacial score (nSPS) is 11.8. The van der Waals surface area contributed by atoms with E-state index in [4.69, 9.17) is 0 Å². The topological polar surface area (TPSA) is 102 Å². The molecule has 0 aliphatic heterocycles. The maximum absolute atomic E-state index is 12.5. The number of hydrogen-bond donors (Lipinski definition) is 2. The highest BCUT2D eigenvalue weighted by Crippen LogP contribution is 2.30. The first-order valence-electron chi connectivity index (χ1n) is 11.0. The molecule has 0 saturated carbocycles. The summed E-state index contributed by atoms with van der Waals surface area (Å²) in [7, 11) is 1.82. The molecule has 2 aromatic heterocycles. The van der Waals surface area contributed by atoms with E-state index in [1.807, 2.05) is 70.3 Å². The molecule has 2 aromatic carbocycles.